The van der Waals surface area contributed by atoms with Crippen molar-refractivity contribution in [2.45, 2.75) is 25.9 Å². The van der Waals surface area contributed by atoms with Crippen LogP contribution in [0.3, 0.4) is 0 Å². The molecule has 2 aromatic carbocycles. The first-order valence-electron chi connectivity index (χ1n) is 8.22. The molecule has 7 nitrogen and oxygen atoms in total. The molecule has 0 unspecified atom stereocenters. The molecular weight excluding hydrogens is 336 g/mol. The Bertz CT molecular complexity index is 985. The van der Waals surface area contributed by atoms with Crippen LogP contribution in [0.5, 0.6) is 0 Å². The Hall–Kier alpha value is -3.35. The third-order valence-corrected chi connectivity index (χ3v) is 4.05. The van der Waals surface area contributed by atoms with Gasteiger partial charge in [-0.05, 0) is 36.2 Å². The SMILES string of the molecule is O=C(CCCn1c(=O)oc2ccccc21)NCc1ccc(C(=O)O)cc1. The van der Waals surface area contributed by atoms with E-state index in [0.717, 1.165) is 11.1 Å². The molecule has 3 rings (SSSR count). The van der Waals surface area contributed by atoms with Crippen molar-refractivity contribution in [2.24, 2.45) is 0 Å². The molecular formula is C19H18N2O5. The molecule has 2 N–H and O–H groups in total. The highest BCUT2D eigenvalue weighted by atomic mass is 16.4. The van der Waals surface area contributed by atoms with Gasteiger partial charge in [0.1, 0.15) is 0 Å². The van der Waals surface area contributed by atoms with Crippen LogP contribution >= 0.6 is 0 Å². The van der Waals surface area contributed by atoms with Crippen LogP contribution in [0, 0.1) is 0 Å². The summed E-state index contributed by atoms with van der Waals surface area (Å²) >= 11 is 0. The van der Waals surface area contributed by atoms with Gasteiger partial charge in [-0.2, -0.15) is 0 Å². The fraction of sp³-hybridized carbons (Fsp3) is 0.211. The number of carbonyl (C=O) groups is 2. The predicted molar refractivity (Wildman–Crippen MR) is 95.0 cm³/mol. The van der Waals surface area contributed by atoms with E-state index in [9.17, 15) is 14.4 Å². The molecule has 26 heavy (non-hydrogen) atoms. The summed E-state index contributed by atoms with van der Waals surface area (Å²) in [6.45, 7) is 0.726. The minimum atomic E-state index is -0.984. The van der Waals surface area contributed by atoms with E-state index in [2.05, 4.69) is 5.32 Å². The average molecular weight is 354 g/mol. The van der Waals surface area contributed by atoms with Crippen LogP contribution in [-0.4, -0.2) is 21.6 Å². The van der Waals surface area contributed by atoms with Crippen LogP contribution in [0.2, 0.25) is 0 Å². The number of hydrogen-bond donors (Lipinski definition) is 2. The lowest BCUT2D eigenvalue weighted by molar-refractivity contribution is -0.121. The van der Waals surface area contributed by atoms with E-state index in [1.54, 1.807) is 30.3 Å². The molecule has 1 amide bonds. The van der Waals surface area contributed by atoms with Gasteiger partial charge < -0.3 is 14.8 Å². The van der Waals surface area contributed by atoms with Crippen LogP contribution < -0.4 is 11.1 Å². The largest absolute Gasteiger partial charge is 0.478 e. The number of benzene rings is 2. The first kappa shape index (κ1) is 17.5. The molecule has 1 aromatic heterocycles. The van der Waals surface area contributed by atoms with E-state index in [1.165, 1.54) is 16.7 Å². The number of aromatic carboxylic acids is 1. The van der Waals surface area contributed by atoms with E-state index >= 15 is 0 Å². The molecule has 0 aliphatic heterocycles. The van der Waals surface area contributed by atoms with Crippen LogP contribution in [0.15, 0.2) is 57.7 Å². The van der Waals surface area contributed by atoms with Crippen molar-refractivity contribution < 1.29 is 19.1 Å². The summed E-state index contributed by atoms with van der Waals surface area (Å²) in [5.74, 6) is -1.54. The lowest BCUT2D eigenvalue weighted by Crippen LogP contribution is -2.23. The first-order valence-corrected chi connectivity index (χ1v) is 8.22. The number of aromatic nitrogens is 1. The second kappa shape index (κ2) is 7.69. The highest BCUT2D eigenvalue weighted by molar-refractivity contribution is 5.87. The van der Waals surface area contributed by atoms with Gasteiger partial charge in [0, 0.05) is 19.5 Å². The number of hydrogen-bond acceptors (Lipinski definition) is 4. The summed E-state index contributed by atoms with van der Waals surface area (Å²) in [6.07, 6.45) is 0.784. The first-order chi connectivity index (χ1) is 12.5. The van der Waals surface area contributed by atoms with Gasteiger partial charge in [0.2, 0.25) is 5.91 Å². The zero-order valence-electron chi connectivity index (χ0n) is 14.0. The van der Waals surface area contributed by atoms with Gasteiger partial charge in [-0.25, -0.2) is 9.59 Å². The monoisotopic (exact) mass is 354 g/mol. The van der Waals surface area contributed by atoms with E-state index in [4.69, 9.17) is 9.52 Å². The minimum Gasteiger partial charge on any atom is -0.478 e. The summed E-state index contributed by atoms with van der Waals surface area (Å²) in [7, 11) is 0. The summed E-state index contributed by atoms with van der Waals surface area (Å²) in [5, 5.41) is 11.6. The number of nitrogens with zero attached hydrogens (tertiary/aromatic N) is 1. The molecule has 0 bridgehead atoms. The predicted octanol–water partition coefficient (Wildman–Crippen LogP) is 2.39. The normalized spacial score (nSPS) is 10.8. The van der Waals surface area contributed by atoms with Crippen molar-refractivity contribution in [2.75, 3.05) is 0 Å². The van der Waals surface area contributed by atoms with Crippen LogP contribution in [0.1, 0.15) is 28.8 Å². The lowest BCUT2D eigenvalue weighted by Gasteiger charge is -2.06. The fourth-order valence-electron chi connectivity index (χ4n) is 2.68. The number of carboxylic acid groups (broad SMARTS) is 1. The quantitative estimate of drug-likeness (QED) is 0.678. The van der Waals surface area contributed by atoms with Crippen molar-refractivity contribution in [1.82, 2.24) is 9.88 Å². The Labute approximate surface area is 148 Å². The van der Waals surface area contributed by atoms with E-state index in [1.807, 2.05) is 6.07 Å². The summed E-state index contributed by atoms with van der Waals surface area (Å²) in [5.41, 5.74) is 2.28. The van der Waals surface area contributed by atoms with E-state index in [-0.39, 0.29) is 17.9 Å². The lowest BCUT2D eigenvalue weighted by atomic mass is 10.1. The van der Waals surface area contributed by atoms with Crippen molar-refractivity contribution >= 4 is 23.0 Å². The molecule has 0 radical (unpaired) electrons. The minimum absolute atomic E-state index is 0.131. The summed E-state index contributed by atoms with van der Waals surface area (Å²) in [6, 6.07) is 13.5. The van der Waals surface area contributed by atoms with Gasteiger partial charge in [-0.3, -0.25) is 9.36 Å². The topological polar surface area (TPSA) is 102 Å². The van der Waals surface area contributed by atoms with E-state index in [0.29, 0.717) is 25.1 Å². The Morgan fingerprint density at radius 1 is 1.08 bits per heavy atom. The average Bonchev–Trinajstić information content (AvgIpc) is 2.96. The number of carbonyl (C=O) groups excluding carboxylic acids is 1. The third kappa shape index (κ3) is 4.00. The second-order valence-corrected chi connectivity index (χ2v) is 5.87. The summed E-state index contributed by atoms with van der Waals surface area (Å²) < 4.78 is 6.67. The van der Waals surface area contributed by atoms with Gasteiger partial charge in [-0.1, -0.05) is 24.3 Å². The number of rotatable bonds is 7. The third-order valence-electron chi connectivity index (χ3n) is 4.05. The zero-order valence-corrected chi connectivity index (χ0v) is 14.0. The Kier molecular flexibility index (Phi) is 5.17. The standard InChI is InChI=1S/C19H18N2O5/c22-17(20-12-13-7-9-14(10-8-13)18(23)24)6-3-11-21-15-4-1-2-5-16(15)26-19(21)25/h1-2,4-5,7-10H,3,6,11-12H2,(H,20,22)(H,23,24). The Morgan fingerprint density at radius 3 is 2.54 bits per heavy atom. The maximum absolute atomic E-state index is 12.0. The highest BCUT2D eigenvalue weighted by Gasteiger charge is 2.09. The number of nitrogens with one attached hydrogen (secondary N) is 1. The summed E-state index contributed by atoms with van der Waals surface area (Å²) in [4.78, 5) is 34.6. The Morgan fingerprint density at radius 2 is 1.81 bits per heavy atom. The van der Waals surface area contributed by atoms with Crippen LogP contribution in [-0.2, 0) is 17.9 Å². The molecule has 3 aromatic rings. The van der Waals surface area contributed by atoms with Gasteiger partial charge in [0.05, 0.1) is 11.1 Å². The van der Waals surface area contributed by atoms with Crippen molar-refractivity contribution in [1.29, 1.82) is 0 Å². The van der Waals surface area contributed by atoms with Gasteiger partial charge >= 0.3 is 11.7 Å². The number of para-hydroxylation sites is 2. The van der Waals surface area contributed by atoms with Gasteiger partial charge in [-0.15, -0.1) is 0 Å². The number of aryl methyl sites for hydroxylation is 1. The second-order valence-electron chi connectivity index (χ2n) is 5.87. The van der Waals surface area contributed by atoms with E-state index < -0.39 is 11.7 Å². The Balaban J connectivity index is 1.49. The molecule has 0 aliphatic carbocycles. The fourth-order valence-corrected chi connectivity index (χ4v) is 2.68. The molecule has 0 atom stereocenters. The zero-order chi connectivity index (χ0) is 18.5. The maximum Gasteiger partial charge on any atom is 0.419 e. The molecule has 0 spiro atoms. The van der Waals surface area contributed by atoms with Crippen LogP contribution in [0.4, 0.5) is 0 Å². The number of carboxylic acids is 1. The molecule has 134 valence electrons. The molecule has 0 saturated carbocycles. The number of amides is 1. The highest BCUT2D eigenvalue weighted by Crippen LogP contribution is 2.12. The molecule has 0 saturated heterocycles. The molecule has 0 aliphatic rings. The van der Waals surface area contributed by atoms with Crippen molar-refractivity contribution in [3.05, 3.63) is 70.2 Å². The number of oxazole rings is 1. The van der Waals surface area contributed by atoms with Crippen LogP contribution in [0.25, 0.3) is 11.1 Å². The maximum atomic E-state index is 12.0. The molecule has 1 heterocycles. The van der Waals surface area contributed by atoms with Gasteiger partial charge in [0.25, 0.3) is 0 Å². The van der Waals surface area contributed by atoms with Crippen molar-refractivity contribution in [3.8, 4) is 0 Å². The molecule has 0 fully saturated rings. The van der Waals surface area contributed by atoms with Crippen molar-refractivity contribution in [3.63, 3.8) is 0 Å². The van der Waals surface area contributed by atoms with Gasteiger partial charge in [0.15, 0.2) is 5.58 Å². The number of fused-ring (bicyclic) bond motifs is 1. The molecule has 7 heteroatoms. The smallest absolute Gasteiger partial charge is 0.419 e.